The van der Waals surface area contributed by atoms with Crippen LogP contribution in [0.5, 0.6) is 0 Å². The maximum absolute atomic E-state index is 9.16. The van der Waals surface area contributed by atoms with E-state index in [1.165, 1.54) is 6.33 Å². The summed E-state index contributed by atoms with van der Waals surface area (Å²) in [5.74, 6) is 7.25. The number of aliphatic hydroxyl groups is 1. The van der Waals surface area contributed by atoms with Crippen LogP contribution in [0.1, 0.15) is 38.7 Å². The minimum Gasteiger partial charge on any atom is -0.395 e. The molecule has 0 saturated heterocycles. The summed E-state index contributed by atoms with van der Waals surface area (Å²) in [5, 5.41) is 9.16. The predicted octanol–water partition coefficient (Wildman–Crippen LogP) is 1.09. The number of rotatable bonds is 7. The molecule has 102 valence electrons. The second-order valence-corrected chi connectivity index (χ2v) is 4.47. The Morgan fingerprint density at radius 1 is 1.39 bits per heavy atom. The molecule has 0 aliphatic heterocycles. The van der Waals surface area contributed by atoms with E-state index < -0.39 is 0 Å². The SMILES string of the molecule is CCCN(CCO)c1ncnc(NN)c1C(C)C. The quantitative estimate of drug-likeness (QED) is 0.498. The third kappa shape index (κ3) is 3.30. The van der Waals surface area contributed by atoms with Crippen molar-refractivity contribution in [2.75, 3.05) is 30.0 Å². The fourth-order valence-corrected chi connectivity index (χ4v) is 2.00. The van der Waals surface area contributed by atoms with Gasteiger partial charge < -0.3 is 15.4 Å². The van der Waals surface area contributed by atoms with Gasteiger partial charge in [0.25, 0.3) is 0 Å². The molecular formula is C12H23N5O. The van der Waals surface area contributed by atoms with Crippen LogP contribution >= 0.6 is 0 Å². The minimum absolute atomic E-state index is 0.104. The van der Waals surface area contributed by atoms with Crippen LogP contribution < -0.4 is 16.2 Å². The van der Waals surface area contributed by atoms with Gasteiger partial charge in [-0.3, -0.25) is 0 Å². The highest BCUT2D eigenvalue weighted by Gasteiger charge is 2.18. The van der Waals surface area contributed by atoms with Crippen molar-refractivity contribution in [3.05, 3.63) is 11.9 Å². The normalized spacial score (nSPS) is 10.8. The molecule has 4 N–H and O–H groups in total. The smallest absolute Gasteiger partial charge is 0.148 e. The molecule has 1 rings (SSSR count). The fourth-order valence-electron chi connectivity index (χ4n) is 2.00. The van der Waals surface area contributed by atoms with E-state index >= 15 is 0 Å². The summed E-state index contributed by atoms with van der Waals surface area (Å²) in [7, 11) is 0. The second-order valence-electron chi connectivity index (χ2n) is 4.47. The van der Waals surface area contributed by atoms with E-state index in [9.17, 15) is 0 Å². The number of hydrogen-bond acceptors (Lipinski definition) is 6. The predicted molar refractivity (Wildman–Crippen MR) is 73.5 cm³/mol. The summed E-state index contributed by atoms with van der Waals surface area (Å²) in [5.41, 5.74) is 3.60. The van der Waals surface area contributed by atoms with E-state index in [4.69, 9.17) is 10.9 Å². The molecular weight excluding hydrogens is 230 g/mol. The van der Waals surface area contributed by atoms with Crippen LogP contribution in [0.25, 0.3) is 0 Å². The Kier molecular flexibility index (Phi) is 5.80. The van der Waals surface area contributed by atoms with Crippen LogP contribution in [0.2, 0.25) is 0 Å². The third-order valence-electron chi connectivity index (χ3n) is 2.74. The number of nitrogens with zero attached hydrogens (tertiary/aromatic N) is 3. The first-order chi connectivity index (χ1) is 8.65. The average molecular weight is 253 g/mol. The van der Waals surface area contributed by atoms with Gasteiger partial charge in [-0.15, -0.1) is 0 Å². The number of aliphatic hydroxyl groups excluding tert-OH is 1. The molecule has 0 aromatic carbocycles. The standard InChI is InChI=1S/C12H23N5O/c1-4-5-17(6-7-18)12-10(9(2)3)11(16-13)14-8-15-12/h8-9,18H,4-7,13H2,1-3H3,(H,14,15,16). The van der Waals surface area contributed by atoms with Crippen LogP contribution in [0.15, 0.2) is 6.33 Å². The number of nitrogens with two attached hydrogens (primary N) is 1. The number of anilines is 2. The summed E-state index contributed by atoms with van der Waals surface area (Å²) in [6.07, 6.45) is 2.49. The van der Waals surface area contributed by atoms with E-state index in [1.807, 2.05) is 0 Å². The molecule has 0 bridgehead atoms. The van der Waals surface area contributed by atoms with Gasteiger partial charge in [-0.2, -0.15) is 0 Å². The van der Waals surface area contributed by atoms with Crippen molar-refractivity contribution < 1.29 is 5.11 Å². The van der Waals surface area contributed by atoms with E-state index in [0.29, 0.717) is 12.4 Å². The molecule has 0 saturated carbocycles. The number of hydrogen-bond donors (Lipinski definition) is 3. The van der Waals surface area contributed by atoms with E-state index in [0.717, 1.165) is 24.3 Å². The maximum Gasteiger partial charge on any atom is 0.148 e. The molecule has 0 aliphatic carbocycles. The molecule has 0 aliphatic rings. The van der Waals surface area contributed by atoms with Crippen molar-refractivity contribution >= 4 is 11.6 Å². The lowest BCUT2D eigenvalue weighted by Crippen LogP contribution is -2.30. The number of nitrogen functional groups attached to an aromatic ring is 1. The molecule has 6 heteroatoms. The van der Waals surface area contributed by atoms with Gasteiger partial charge in [-0.05, 0) is 12.3 Å². The van der Waals surface area contributed by atoms with Crippen molar-refractivity contribution in [1.29, 1.82) is 0 Å². The molecule has 0 radical (unpaired) electrons. The lowest BCUT2D eigenvalue weighted by molar-refractivity contribution is 0.301. The van der Waals surface area contributed by atoms with Crippen LogP contribution in [-0.4, -0.2) is 34.8 Å². The van der Waals surface area contributed by atoms with Gasteiger partial charge in [0.05, 0.1) is 6.61 Å². The largest absolute Gasteiger partial charge is 0.395 e. The number of aromatic nitrogens is 2. The zero-order chi connectivity index (χ0) is 13.5. The topological polar surface area (TPSA) is 87.3 Å². The van der Waals surface area contributed by atoms with Gasteiger partial charge in [0.1, 0.15) is 18.0 Å². The third-order valence-corrected chi connectivity index (χ3v) is 2.74. The monoisotopic (exact) mass is 253 g/mol. The van der Waals surface area contributed by atoms with Gasteiger partial charge in [0.2, 0.25) is 0 Å². The first kappa shape index (κ1) is 14.7. The summed E-state index contributed by atoms with van der Waals surface area (Å²) in [4.78, 5) is 10.6. The summed E-state index contributed by atoms with van der Waals surface area (Å²) in [6, 6.07) is 0. The molecule has 0 spiro atoms. The highest BCUT2D eigenvalue weighted by Crippen LogP contribution is 2.30. The van der Waals surface area contributed by atoms with Crippen molar-refractivity contribution in [3.63, 3.8) is 0 Å². The molecule has 1 aromatic heterocycles. The van der Waals surface area contributed by atoms with E-state index in [2.05, 4.69) is 41.1 Å². The molecule has 0 unspecified atom stereocenters. The summed E-state index contributed by atoms with van der Waals surface area (Å²) >= 11 is 0. The highest BCUT2D eigenvalue weighted by atomic mass is 16.3. The van der Waals surface area contributed by atoms with Gasteiger partial charge in [0, 0.05) is 18.7 Å². The zero-order valence-electron chi connectivity index (χ0n) is 11.3. The maximum atomic E-state index is 9.16. The zero-order valence-corrected chi connectivity index (χ0v) is 11.3. The van der Waals surface area contributed by atoms with Gasteiger partial charge in [0.15, 0.2) is 0 Å². The fraction of sp³-hybridized carbons (Fsp3) is 0.667. The molecule has 18 heavy (non-hydrogen) atoms. The minimum atomic E-state index is 0.104. The summed E-state index contributed by atoms with van der Waals surface area (Å²) in [6.45, 7) is 7.77. The van der Waals surface area contributed by atoms with Crippen molar-refractivity contribution in [3.8, 4) is 0 Å². The van der Waals surface area contributed by atoms with Crippen molar-refractivity contribution in [2.24, 2.45) is 5.84 Å². The molecule has 6 nitrogen and oxygen atoms in total. The van der Waals surface area contributed by atoms with Crippen molar-refractivity contribution in [1.82, 2.24) is 9.97 Å². The Balaban J connectivity index is 3.18. The van der Waals surface area contributed by atoms with Crippen LogP contribution in [0.3, 0.4) is 0 Å². The molecule has 0 amide bonds. The average Bonchev–Trinajstić information content (AvgIpc) is 2.37. The van der Waals surface area contributed by atoms with Crippen LogP contribution in [0, 0.1) is 0 Å². The van der Waals surface area contributed by atoms with Gasteiger partial charge in [-0.25, -0.2) is 15.8 Å². The Labute approximate surface area is 108 Å². The molecule has 0 fully saturated rings. The lowest BCUT2D eigenvalue weighted by atomic mass is 10.0. The Hall–Kier alpha value is -1.40. The first-order valence-corrected chi connectivity index (χ1v) is 6.33. The molecule has 0 atom stereocenters. The van der Waals surface area contributed by atoms with Crippen molar-refractivity contribution in [2.45, 2.75) is 33.1 Å². The molecule has 1 aromatic rings. The highest BCUT2D eigenvalue weighted by molar-refractivity contribution is 5.59. The lowest BCUT2D eigenvalue weighted by Gasteiger charge is -2.26. The van der Waals surface area contributed by atoms with E-state index in [1.54, 1.807) is 0 Å². The first-order valence-electron chi connectivity index (χ1n) is 6.33. The second kappa shape index (κ2) is 7.13. The molecule has 1 heterocycles. The Morgan fingerprint density at radius 3 is 2.61 bits per heavy atom. The van der Waals surface area contributed by atoms with Crippen LogP contribution in [0.4, 0.5) is 11.6 Å². The van der Waals surface area contributed by atoms with Gasteiger partial charge in [-0.1, -0.05) is 20.8 Å². The summed E-state index contributed by atoms with van der Waals surface area (Å²) < 4.78 is 0. The van der Waals surface area contributed by atoms with Gasteiger partial charge >= 0.3 is 0 Å². The Bertz CT molecular complexity index is 363. The number of nitrogens with one attached hydrogen (secondary N) is 1. The number of hydrazine groups is 1. The van der Waals surface area contributed by atoms with Crippen LogP contribution in [-0.2, 0) is 0 Å². The van der Waals surface area contributed by atoms with E-state index in [-0.39, 0.29) is 12.5 Å². The Morgan fingerprint density at radius 2 is 2.11 bits per heavy atom.